The Balaban J connectivity index is 2.25. The Morgan fingerprint density at radius 1 is 1.04 bits per heavy atom. The van der Waals surface area contributed by atoms with Crippen molar-refractivity contribution in [3.05, 3.63) is 58.1 Å². The second-order valence-electron chi connectivity index (χ2n) is 6.25. The molecule has 0 aliphatic heterocycles. The van der Waals surface area contributed by atoms with Crippen LogP contribution in [0, 0.1) is 12.8 Å². The van der Waals surface area contributed by atoms with Gasteiger partial charge in [0.25, 0.3) is 0 Å². The quantitative estimate of drug-likeness (QED) is 0.741. The summed E-state index contributed by atoms with van der Waals surface area (Å²) in [7, 11) is -3.90. The molecule has 0 radical (unpaired) electrons. The zero-order chi connectivity index (χ0) is 19.5. The van der Waals surface area contributed by atoms with Crippen LogP contribution in [0.2, 0.25) is 10.0 Å². The molecule has 2 rings (SSSR count). The maximum absolute atomic E-state index is 12.7. The number of aryl methyl sites for hydroxylation is 1. The van der Waals surface area contributed by atoms with E-state index < -0.39 is 22.0 Å². The molecule has 2 aromatic carbocycles. The minimum Gasteiger partial charge on any atom is -0.324 e. The van der Waals surface area contributed by atoms with Gasteiger partial charge in [0.05, 0.1) is 4.90 Å². The van der Waals surface area contributed by atoms with E-state index in [1.807, 2.05) is 6.92 Å². The summed E-state index contributed by atoms with van der Waals surface area (Å²) in [6, 6.07) is 10.0. The highest BCUT2D eigenvalue weighted by Gasteiger charge is 2.28. The molecule has 1 atom stereocenters. The summed E-state index contributed by atoms with van der Waals surface area (Å²) in [5.74, 6) is -0.737. The number of hydrogen-bond acceptors (Lipinski definition) is 3. The Bertz CT molecular complexity index is 914. The van der Waals surface area contributed by atoms with Gasteiger partial charge in [-0.15, -0.1) is 0 Å². The van der Waals surface area contributed by atoms with Crippen LogP contribution < -0.4 is 10.0 Å². The Kier molecular flexibility index (Phi) is 6.69. The van der Waals surface area contributed by atoms with Crippen molar-refractivity contribution >= 4 is 44.8 Å². The van der Waals surface area contributed by atoms with Gasteiger partial charge in [-0.3, -0.25) is 4.79 Å². The van der Waals surface area contributed by atoms with Crippen LogP contribution >= 0.6 is 23.2 Å². The average Bonchev–Trinajstić information content (AvgIpc) is 2.55. The Hall–Kier alpha value is -1.60. The van der Waals surface area contributed by atoms with E-state index in [2.05, 4.69) is 10.0 Å². The summed E-state index contributed by atoms with van der Waals surface area (Å²) >= 11 is 11.8. The normalized spacial score (nSPS) is 12.8. The molecule has 26 heavy (non-hydrogen) atoms. The number of carbonyl (C=O) groups is 1. The molecule has 0 bridgehead atoms. The molecule has 140 valence electrons. The van der Waals surface area contributed by atoms with Gasteiger partial charge in [-0.1, -0.05) is 49.2 Å². The van der Waals surface area contributed by atoms with Crippen molar-refractivity contribution in [3.8, 4) is 0 Å². The van der Waals surface area contributed by atoms with Crippen molar-refractivity contribution in [3.63, 3.8) is 0 Å². The summed E-state index contributed by atoms with van der Waals surface area (Å²) in [6.45, 7) is 5.34. The van der Waals surface area contributed by atoms with E-state index in [1.165, 1.54) is 18.2 Å². The topological polar surface area (TPSA) is 75.3 Å². The molecule has 8 heteroatoms. The predicted octanol–water partition coefficient (Wildman–Crippen LogP) is 4.24. The van der Waals surface area contributed by atoms with Gasteiger partial charge in [-0.25, -0.2) is 8.42 Å². The molecule has 2 N–H and O–H groups in total. The molecule has 0 saturated carbocycles. The molecule has 0 aliphatic carbocycles. The number of amides is 1. The van der Waals surface area contributed by atoms with Gasteiger partial charge >= 0.3 is 0 Å². The van der Waals surface area contributed by atoms with Crippen molar-refractivity contribution in [2.24, 2.45) is 5.92 Å². The van der Waals surface area contributed by atoms with Crippen LogP contribution in [-0.4, -0.2) is 20.4 Å². The first-order chi connectivity index (χ1) is 12.1. The number of benzene rings is 2. The van der Waals surface area contributed by atoms with Gasteiger partial charge in [0, 0.05) is 15.7 Å². The van der Waals surface area contributed by atoms with Crippen molar-refractivity contribution in [1.82, 2.24) is 4.72 Å². The van der Waals surface area contributed by atoms with Gasteiger partial charge in [0.15, 0.2) is 0 Å². The molecule has 0 aliphatic rings. The van der Waals surface area contributed by atoms with Crippen LogP contribution in [0.5, 0.6) is 0 Å². The third-order valence-electron chi connectivity index (χ3n) is 3.80. The van der Waals surface area contributed by atoms with Gasteiger partial charge < -0.3 is 5.32 Å². The number of halogens is 2. The number of nitrogens with one attached hydrogen (secondary N) is 2. The molecule has 0 unspecified atom stereocenters. The van der Waals surface area contributed by atoms with Crippen molar-refractivity contribution in [2.45, 2.75) is 31.7 Å². The number of hydrogen-bond donors (Lipinski definition) is 2. The number of rotatable bonds is 6. The Morgan fingerprint density at radius 2 is 1.69 bits per heavy atom. The number of sulfonamides is 1. The summed E-state index contributed by atoms with van der Waals surface area (Å²) in [5.41, 5.74) is 1.36. The van der Waals surface area contributed by atoms with Crippen molar-refractivity contribution < 1.29 is 13.2 Å². The molecule has 0 heterocycles. The summed E-state index contributed by atoms with van der Waals surface area (Å²) in [4.78, 5) is 12.7. The first-order valence-electron chi connectivity index (χ1n) is 7.95. The maximum atomic E-state index is 12.7. The van der Waals surface area contributed by atoms with Gasteiger partial charge in [0.2, 0.25) is 15.9 Å². The van der Waals surface area contributed by atoms with Crippen molar-refractivity contribution in [1.29, 1.82) is 0 Å². The van der Waals surface area contributed by atoms with Gasteiger partial charge in [-0.2, -0.15) is 4.72 Å². The van der Waals surface area contributed by atoms with E-state index in [4.69, 9.17) is 23.2 Å². The van der Waals surface area contributed by atoms with Crippen LogP contribution in [0.15, 0.2) is 47.4 Å². The smallest absolute Gasteiger partial charge is 0.242 e. The third kappa shape index (κ3) is 5.20. The second kappa shape index (κ2) is 8.39. The lowest BCUT2D eigenvalue weighted by molar-refractivity contribution is -0.118. The first-order valence-corrected chi connectivity index (χ1v) is 10.2. The minimum atomic E-state index is -3.90. The van der Waals surface area contributed by atoms with Crippen LogP contribution in [-0.2, 0) is 14.8 Å². The number of carbonyl (C=O) groups excluding carboxylic acids is 1. The monoisotopic (exact) mass is 414 g/mol. The molecule has 2 aromatic rings. The van der Waals surface area contributed by atoms with E-state index in [9.17, 15) is 13.2 Å². The molecule has 0 fully saturated rings. The lowest BCUT2D eigenvalue weighted by atomic mass is 10.0. The Labute approximate surface area is 163 Å². The minimum absolute atomic E-state index is 0.00221. The molecule has 0 aromatic heterocycles. The van der Waals surface area contributed by atoms with Crippen LogP contribution in [0.25, 0.3) is 0 Å². The van der Waals surface area contributed by atoms with Crippen LogP contribution in [0.1, 0.15) is 19.4 Å². The zero-order valence-electron chi connectivity index (χ0n) is 14.6. The average molecular weight is 415 g/mol. The zero-order valence-corrected chi connectivity index (χ0v) is 16.9. The van der Waals surface area contributed by atoms with E-state index in [-0.39, 0.29) is 10.8 Å². The summed E-state index contributed by atoms with van der Waals surface area (Å²) in [5, 5.41) is 3.52. The van der Waals surface area contributed by atoms with Crippen molar-refractivity contribution in [2.75, 3.05) is 5.32 Å². The predicted molar refractivity (Wildman–Crippen MR) is 105 cm³/mol. The fourth-order valence-corrected chi connectivity index (χ4v) is 4.12. The lowest BCUT2D eigenvalue weighted by Crippen LogP contribution is -2.47. The number of anilines is 1. The van der Waals surface area contributed by atoms with E-state index in [0.717, 1.165) is 5.56 Å². The third-order valence-corrected chi connectivity index (χ3v) is 5.70. The van der Waals surface area contributed by atoms with Crippen LogP contribution in [0.4, 0.5) is 5.69 Å². The van der Waals surface area contributed by atoms with E-state index >= 15 is 0 Å². The van der Waals surface area contributed by atoms with Gasteiger partial charge in [-0.05, 0) is 48.7 Å². The fraction of sp³-hybridized carbons (Fsp3) is 0.278. The molecule has 1 amide bonds. The van der Waals surface area contributed by atoms with Gasteiger partial charge in [0.1, 0.15) is 6.04 Å². The highest BCUT2D eigenvalue weighted by atomic mass is 35.5. The molecular weight excluding hydrogens is 395 g/mol. The first kappa shape index (κ1) is 20.7. The van der Waals surface area contributed by atoms with Crippen LogP contribution in [0.3, 0.4) is 0 Å². The highest BCUT2D eigenvalue weighted by Crippen LogP contribution is 2.22. The Morgan fingerprint density at radius 3 is 2.31 bits per heavy atom. The molecule has 0 spiro atoms. The highest BCUT2D eigenvalue weighted by molar-refractivity contribution is 7.89. The molecular formula is C18H20Cl2N2O3S. The standard InChI is InChI=1S/C18H20Cl2N2O3S/c1-11(2)17(18(23)21-16-10-14(20)8-7-12(16)3)22-26(24,25)15-6-4-5-13(19)9-15/h4-11,17,22H,1-3H3,(H,21,23)/t17-/m0/s1. The lowest BCUT2D eigenvalue weighted by Gasteiger charge is -2.22. The molecule has 0 saturated heterocycles. The molecule has 5 nitrogen and oxygen atoms in total. The second-order valence-corrected chi connectivity index (χ2v) is 8.84. The maximum Gasteiger partial charge on any atom is 0.242 e. The SMILES string of the molecule is Cc1ccc(Cl)cc1NC(=O)[C@@H](NS(=O)(=O)c1cccc(Cl)c1)C(C)C. The summed E-state index contributed by atoms with van der Waals surface area (Å²) < 4.78 is 27.7. The van der Waals surface area contributed by atoms with E-state index in [1.54, 1.807) is 38.1 Å². The summed E-state index contributed by atoms with van der Waals surface area (Å²) in [6.07, 6.45) is 0. The largest absolute Gasteiger partial charge is 0.324 e. The fourth-order valence-electron chi connectivity index (χ4n) is 2.30. The van der Waals surface area contributed by atoms with E-state index in [0.29, 0.717) is 15.7 Å².